The van der Waals surface area contributed by atoms with Crippen molar-refractivity contribution in [2.45, 2.75) is 24.9 Å². The highest BCUT2D eigenvalue weighted by atomic mass is 16.1. The molecule has 0 aromatic heterocycles. The summed E-state index contributed by atoms with van der Waals surface area (Å²) in [4.78, 5) is 15.2. The lowest BCUT2D eigenvalue weighted by molar-refractivity contribution is -0.121. The minimum absolute atomic E-state index is 0.0357. The van der Waals surface area contributed by atoms with Gasteiger partial charge >= 0.3 is 0 Å². The summed E-state index contributed by atoms with van der Waals surface area (Å²) in [5.74, 6) is -0.184. The van der Waals surface area contributed by atoms with E-state index in [1.54, 1.807) is 0 Å². The van der Waals surface area contributed by atoms with Crippen LogP contribution in [0.2, 0.25) is 0 Å². The molecule has 0 saturated carbocycles. The summed E-state index contributed by atoms with van der Waals surface area (Å²) in [6.07, 6.45) is 1.14. The SMILES string of the molecule is NCC(N)C(=O)C(N)CCCN=C(N)N. The number of ketones is 1. The molecule has 2 atom stereocenters. The van der Waals surface area contributed by atoms with E-state index in [-0.39, 0.29) is 18.3 Å². The third-order valence-electron chi connectivity index (χ3n) is 1.95. The fourth-order valence-corrected chi connectivity index (χ4v) is 1.05. The highest BCUT2D eigenvalue weighted by Gasteiger charge is 2.18. The number of carbonyl (C=O) groups excluding carboxylic acids is 1. The van der Waals surface area contributed by atoms with Gasteiger partial charge in [-0.1, -0.05) is 0 Å². The van der Waals surface area contributed by atoms with Crippen LogP contribution in [-0.4, -0.2) is 36.9 Å². The van der Waals surface area contributed by atoms with Crippen LogP contribution in [-0.2, 0) is 4.79 Å². The maximum absolute atomic E-state index is 11.4. The predicted octanol–water partition coefficient (Wildman–Crippen LogP) is -2.78. The van der Waals surface area contributed by atoms with Crippen LogP contribution in [0.15, 0.2) is 4.99 Å². The average Bonchev–Trinajstić information content (AvgIpc) is 2.21. The number of rotatable bonds is 7. The second-order valence-electron chi connectivity index (χ2n) is 3.30. The van der Waals surface area contributed by atoms with E-state index in [9.17, 15) is 4.79 Å². The Bertz CT molecular complexity index is 225. The molecule has 0 saturated heterocycles. The molecule has 0 spiro atoms. The first-order valence-corrected chi connectivity index (χ1v) is 4.79. The number of hydrogen-bond acceptors (Lipinski definition) is 5. The molecule has 0 radical (unpaired) electrons. The minimum Gasteiger partial charge on any atom is -0.370 e. The Morgan fingerprint density at radius 2 is 1.80 bits per heavy atom. The zero-order valence-corrected chi connectivity index (χ0v) is 8.73. The largest absolute Gasteiger partial charge is 0.370 e. The quantitative estimate of drug-likeness (QED) is 0.176. The van der Waals surface area contributed by atoms with Crippen LogP contribution >= 0.6 is 0 Å². The van der Waals surface area contributed by atoms with Crippen molar-refractivity contribution in [2.24, 2.45) is 33.7 Å². The molecule has 0 heterocycles. The minimum atomic E-state index is -0.678. The maximum Gasteiger partial charge on any atom is 0.185 e. The van der Waals surface area contributed by atoms with Gasteiger partial charge in [0.05, 0.1) is 12.1 Å². The molecule has 0 aromatic carbocycles. The lowest BCUT2D eigenvalue weighted by atomic mass is 10.0. The molecule has 0 aliphatic carbocycles. The highest BCUT2D eigenvalue weighted by Crippen LogP contribution is 1.98. The third kappa shape index (κ3) is 6.00. The number of nitrogens with zero attached hydrogens (tertiary/aromatic N) is 1. The topological polar surface area (TPSA) is 160 Å². The van der Waals surface area contributed by atoms with Gasteiger partial charge in [-0.2, -0.15) is 0 Å². The molecule has 88 valence electrons. The van der Waals surface area contributed by atoms with E-state index in [1.165, 1.54) is 0 Å². The summed E-state index contributed by atoms with van der Waals surface area (Å²) in [7, 11) is 0. The molecule has 0 bridgehead atoms. The number of Topliss-reactive ketones (excluding diaryl/α,β-unsaturated/α-hetero) is 1. The number of carbonyl (C=O) groups is 1. The summed E-state index contributed by atoms with van der Waals surface area (Å²) < 4.78 is 0. The summed E-state index contributed by atoms with van der Waals surface area (Å²) in [5, 5.41) is 0. The van der Waals surface area contributed by atoms with Gasteiger partial charge in [-0.05, 0) is 12.8 Å². The number of nitrogens with two attached hydrogens (primary N) is 5. The van der Waals surface area contributed by atoms with Gasteiger partial charge in [0.2, 0.25) is 0 Å². The standard InChI is InChI=1S/C8H20N6O/c9-4-6(11)7(15)5(10)2-1-3-14-8(12)13/h5-6H,1-4,9-11H2,(H4,12,13,14). The van der Waals surface area contributed by atoms with Crippen molar-refractivity contribution < 1.29 is 4.79 Å². The van der Waals surface area contributed by atoms with Gasteiger partial charge in [0.25, 0.3) is 0 Å². The van der Waals surface area contributed by atoms with E-state index >= 15 is 0 Å². The number of hydrogen-bond donors (Lipinski definition) is 5. The van der Waals surface area contributed by atoms with Crippen LogP contribution < -0.4 is 28.7 Å². The molecule has 0 fully saturated rings. The monoisotopic (exact) mass is 216 g/mol. The van der Waals surface area contributed by atoms with Gasteiger partial charge in [-0.3, -0.25) is 9.79 Å². The predicted molar refractivity (Wildman–Crippen MR) is 59.9 cm³/mol. The van der Waals surface area contributed by atoms with Crippen molar-refractivity contribution in [3.8, 4) is 0 Å². The normalized spacial score (nSPS) is 14.3. The van der Waals surface area contributed by atoms with Crippen LogP contribution in [0.25, 0.3) is 0 Å². The van der Waals surface area contributed by atoms with Gasteiger partial charge in [-0.15, -0.1) is 0 Å². The lowest BCUT2D eigenvalue weighted by Gasteiger charge is -2.13. The first kappa shape index (κ1) is 13.8. The van der Waals surface area contributed by atoms with Gasteiger partial charge in [0, 0.05) is 13.1 Å². The molecule has 7 nitrogen and oxygen atoms in total. The molecule has 0 aliphatic rings. The van der Waals surface area contributed by atoms with E-state index in [2.05, 4.69) is 4.99 Å². The Kier molecular flexibility index (Phi) is 6.59. The van der Waals surface area contributed by atoms with E-state index < -0.39 is 12.1 Å². The Morgan fingerprint density at radius 1 is 1.20 bits per heavy atom. The van der Waals surface area contributed by atoms with E-state index in [0.29, 0.717) is 19.4 Å². The third-order valence-corrected chi connectivity index (χ3v) is 1.95. The Hall–Kier alpha value is -1.18. The fraction of sp³-hybridized carbons (Fsp3) is 0.750. The van der Waals surface area contributed by atoms with Gasteiger partial charge in [0.15, 0.2) is 11.7 Å². The highest BCUT2D eigenvalue weighted by molar-refractivity contribution is 5.88. The molecular weight excluding hydrogens is 196 g/mol. The van der Waals surface area contributed by atoms with Gasteiger partial charge in [0.1, 0.15) is 0 Å². The van der Waals surface area contributed by atoms with E-state index in [4.69, 9.17) is 28.7 Å². The van der Waals surface area contributed by atoms with Crippen molar-refractivity contribution in [3.63, 3.8) is 0 Å². The molecule has 0 rings (SSSR count). The fourth-order valence-electron chi connectivity index (χ4n) is 1.05. The average molecular weight is 216 g/mol. The summed E-state index contributed by atoms with van der Waals surface area (Å²) in [6, 6.07) is -1.26. The molecule has 10 N–H and O–H groups in total. The Balaban J connectivity index is 3.79. The van der Waals surface area contributed by atoms with Crippen molar-refractivity contribution in [3.05, 3.63) is 0 Å². The van der Waals surface area contributed by atoms with Crippen LogP contribution in [0.3, 0.4) is 0 Å². The molecule has 0 aromatic rings. The van der Waals surface area contributed by atoms with Crippen molar-refractivity contribution in [2.75, 3.05) is 13.1 Å². The van der Waals surface area contributed by atoms with Crippen LogP contribution in [0.5, 0.6) is 0 Å². The molecule has 0 aliphatic heterocycles. The second kappa shape index (κ2) is 7.16. The van der Waals surface area contributed by atoms with Crippen molar-refractivity contribution in [1.29, 1.82) is 0 Å². The lowest BCUT2D eigenvalue weighted by Crippen LogP contribution is -2.47. The van der Waals surface area contributed by atoms with Crippen LogP contribution in [0.4, 0.5) is 0 Å². The number of guanidine groups is 1. The van der Waals surface area contributed by atoms with Gasteiger partial charge < -0.3 is 28.7 Å². The first-order chi connectivity index (χ1) is 6.99. The summed E-state index contributed by atoms with van der Waals surface area (Å²) >= 11 is 0. The molecule has 15 heavy (non-hydrogen) atoms. The first-order valence-electron chi connectivity index (χ1n) is 4.79. The van der Waals surface area contributed by atoms with Crippen LogP contribution in [0, 0.1) is 0 Å². The summed E-state index contributed by atoms with van der Waals surface area (Å²) in [6.45, 7) is 0.571. The van der Waals surface area contributed by atoms with Crippen LogP contribution in [0.1, 0.15) is 12.8 Å². The number of aliphatic imine (C=N–C) groups is 1. The van der Waals surface area contributed by atoms with E-state index in [1.807, 2.05) is 0 Å². The van der Waals surface area contributed by atoms with Gasteiger partial charge in [-0.25, -0.2) is 0 Å². The zero-order chi connectivity index (χ0) is 11.8. The summed E-state index contributed by atoms with van der Waals surface area (Å²) in [5.41, 5.74) is 26.6. The smallest absolute Gasteiger partial charge is 0.185 e. The molecule has 0 amide bonds. The van der Waals surface area contributed by atoms with Crippen molar-refractivity contribution >= 4 is 11.7 Å². The van der Waals surface area contributed by atoms with Crippen molar-refractivity contribution in [1.82, 2.24) is 0 Å². The molecular formula is C8H20N6O. The van der Waals surface area contributed by atoms with E-state index in [0.717, 1.165) is 0 Å². The Labute approximate surface area is 89.1 Å². The zero-order valence-electron chi connectivity index (χ0n) is 8.73. The molecule has 2 unspecified atom stereocenters. The second-order valence-corrected chi connectivity index (χ2v) is 3.30. The Morgan fingerprint density at radius 3 is 2.27 bits per heavy atom. The molecule has 7 heteroatoms. The maximum atomic E-state index is 11.4.